The van der Waals surface area contributed by atoms with Gasteiger partial charge in [-0.05, 0) is 34.2 Å². The molecular weight excluding hydrogens is 246 g/mol. The summed E-state index contributed by atoms with van der Waals surface area (Å²) in [6.07, 6.45) is 1.42. The molecule has 0 bridgehead atoms. The molecular formula is C6H6FIN2. The van der Waals surface area contributed by atoms with Gasteiger partial charge in [0.25, 0.3) is 0 Å². The van der Waals surface area contributed by atoms with E-state index in [2.05, 4.69) is 4.98 Å². The van der Waals surface area contributed by atoms with Gasteiger partial charge in [0.05, 0.1) is 3.57 Å². The first kappa shape index (κ1) is 7.87. The average molecular weight is 252 g/mol. The van der Waals surface area contributed by atoms with Crippen molar-refractivity contribution in [2.75, 3.05) is 0 Å². The van der Waals surface area contributed by atoms with E-state index in [1.165, 1.54) is 6.20 Å². The molecule has 0 aliphatic heterocycles. The topological polar surface area (TPSA) is 38.9 Å². The van der Waals surface area contributed by atoms with E-state index in [1.54, 1.807) is 6.07 Å². The van der Waals surface area contributed by atoms with E-state index in [1.807, 2.05) is 22.6 Å². The fraction of sp³-hybridized carbons (Fsp3) is 0.167. The van der Waals surface area contributed by atoms with Crippen molar-refractivity contribution in [2.24, 2.45) is 5.73 Å². The lowest BCUT2D eigenvalue weighted by Gasteiger charge is -1.98. The Morgan fingerprint density at radius 1 is 1.70 bits per heavy atom. The highest BCUT2D eigenvalue weighted by Gasteiger charge is 2.02. The van der Waals surface area contributed by atoms with Crippen LogP contribution in [0.25, 0.3) is 0 Å². The highest BCUT2D eigenvalue weighted by molar-refractivity contribution is 14.1. The molecule has 0 amide bonds. The molecule has 0 saturated heterocycles. The van der Waals surface area contributed by atoms with Crippen LogP contribution in [0.15, 0.2) is 12.3 Å². The fourth-order valence-corrected chi connectivity index (χ4v) is 1.15. The summed E-state index contributed by atoms with van der Waals surface area (Å²) in [5.41, 5.74) is 6.12. The first-order valence-corrected chi connectivity index (χ1v) is 3.82. The van der Waals surface area contributed by atoms with Gasteiger partial charge in [-0.2, -0.15) is 4.39 Å². The van der Waals surface area contributed by atoms with Gasteiger partial charge in [-0.25, -0.2) is 4.98 Å². The number of hydrogen-bond acceptors (Lipinski definition) is 2. The molecule has 1 rings (SSSR count). The maximum atomic E-state index is 12.6. The van der Waals surface area contributed by atoms with Crippen LogP contribution < -0.4 is 5.73 Å². The van der Waals surface area contributed by atoms with Gasteiger partial charge in [-0.15, -0.1) is 0 Å². The van der Waals surface area contributed by atoms with E-state index in [-0.39, 0.29) is 0 Å². The molecule has 54 valence electrons. The molecule has 0 atom stereocenters. The number of nitrogens with two attached hydrogens (primary N) is 1. The quantitative estimate of drug-likeness (QED) is 0.604. The van der Waals surface area contributed by atoms with Gasteiger partial charge in [0, 0.05) is 12.7 Å². The molecule has 2 N–H and O–H groups in total. The van der Waals surface area contributed by atoms with Gasteiger partial charge in [-0.1, -0.05) is 0 Å². The third-order valence-corrected chi connectivity index (χ3v) is 2.28. The molecule has 2 nitrogen and oxygen atoms in total. The third-order valence-electron chi connectivity index (χ3n) is 1.15. The molecule has 0 aliphatic rings. The van der Waals surface area contributed by atoms with E-state index in [4.69, 9.17) is 5.73 Å². The van der Waals surface area contributed by atoms with Gasteiger partial charge in [-0.3, -0.25) is 0 Å². The summed E-state index contributed by atoms with van der Waals surface area (Å²) in [6, 6.07) is 1.71. The van der Waals surface area contributed by atoms with E-state index in [0.717, 1.165) is 5.56 Å². The van der Waals surface area contributed by atoms with E-state index in [9.17, 15) is 4.39 Å². The minimum absolute atomic E-state index is 0.359. The highest BCUT2D eigenvalue weighted by Crippen LogP contribution is 2.12. The predicted octanol–water partition coefficient (Wildman–Crippen LogP) is 1.28. The van der Waals surface area contributed by atoms with Gasteiger partial charge < -0.3 is 5.73 Å². The lowest BCUT2D eigenvalue weighted by Crippen LogP contribution is -2.01. The zero-order valence-electron chi connectivity index (χ0n) is 5.14. The summed E-state index contributed by atoms with van der Waals surface area (Å²) < 4.78 is 13.1. The number of halogens is 2. The summed E-state index contributed by atoms with van der Waals surface area (Å²) in [5.74, 6) is -0.441. The molecule has 0 saturated carbocycles. The van der Waals surface area contributed by atoms with Crippen molar-refractivity contribution < 1.29 is 4.39 Å². The molecule has 0 fully saturated rings. The molecule has 1 aromatic rings. The van der Waals surface area contributed by atoms with Gasteiger partial charge >= 0.3 is 0 Å². The lowest BCUT2D eigenvalue weighted by molar-refractivity contribution is 0.573. The summed E-state index contributed by atoms with van der Waals surface area (Å²) in [4.78, 5) is 3.46. The Bertz CT molecular complexity index is 239. The van der Waals surface area contributed by atoms with E-state index in [0.29, 0.717) is 10.1 Å². The first-order valence-electron chi connectivity index (χ1n) is 2.74. The molecule has 10 heavy (non-hydrogen) atoms. The van der Waals surface area contributed by atoms with E-state index < -0.39 is 5.95 Å². The number of nitrogens with zero attached hydrogens (tertiary/aromatic N) is 1. The Morgan fingerprint density at radius 3 is 2.90 bits per heavy atom. The third kappa shape index (κ3) is 1.43. The SMILES string of the molecule is NCc1ccnc(F)c1I. The maximum Gasteiger partial charge on any atom is 0.226 e. The summed E-state index contributed by atoms with van der Waals surface area (Å²) in [7, 11) is 0. The fourth-order valence-electron chi connectivity index (χ4n) is 0.613. The Hall–Kier alpha value is -0.230. The highest BCUT2D eigenvalue weighted by atomic mass is 127. The van der Waals surface area contributed by atoms with Crippen LogP contribution in [0, 0.1) is 9.52 Å². The van der Waals surface area contributed by atoms with Gasteiger partial charge in [0.1, 0.15) is 0 Å². The summed E-state index contributed by atoms with van der Waals surface area (Å²) in [5, 5.41) is 0. The normalized spacial score (nSPS) is 9.90. The van der Waals surface area contributed by atoms with Crippen molar-refractivity contribution in [2.45, 2.75) is 6.54 Å². The van der Waals surface area contributed by atoms with Crippen molar-refractivity contribution >= 4 is 22.6 Å². The molecule has 0 radical (unpaired) electrons. The molecule has 0 aliphatic carbocycles. The Morgan fingerprint density at radius 2 is 2.40 bits per heavy atom. The predicted molar refractivity (Wildman–Crippen MR) is 44.8 cm³/mol. The van der Waals surface area contributed by atoms with Crippen LogP contribution in [0.1, 0.15) is 5.56 Å². The van der Waals surface area contributed by atoms with Crippen molar-refractivity contribution in [3.05, 3.63) is 27.3 Å². The zero-order valence-corrected chi connectivity index (χ0v) is 7.30. The van der Waals surface area contributed by atoms with Crippen LogP contribution in [0.5, 0.6) is 0 Å². The van der Waals surface area contributed by atoms with Crippen molar-refractivity contribution in [3.8, 4) is 0 Å². The van der Waals surface area contributed by atoms with Crippen LogP contribution in [-0.2, 0) is 6.54 Å². The summed E-state index contributed by atoms with van der Waals surface area (Å²) >= 11 is 1.89. The second-order valence-electron chi connectivity index (χ2n) is 1.78. The number of aromatic nitrogens is 1. The van der Waals surface area contributed by atoms with Crippen LogP contribution in [-0.4, -0.2) is 4.98 Å². The Balaban J connectivity index is 3.14. The smallest absolute Gasteiger partial charge is 0.226 e. The molecule has 1 aromatic heterocycles. The largest absolute Gasteiger partial charge is 0.326 e. The van der Waals surface area contributed by atoms with Crippen LogP contribution >= 0.6 is 22.6 Å². The molecule has 4 heteroatoms. The van der Waals surface area contributed by atoms with Crippen molar-refractivity contribution in [3.63, 3.8) is 0 Å². The minimum atomic E-state index is -0.441. The number of rotatable bonds is 1. The van der Waals surface area contributed by atoms with Crippen LogP contribution in [0.3, 0.4) is 0 Å². The minimum Gasteiger partial charge on any atom is -0.326 e. The standard InChI is InChI=1S/C6H6FIN2/c7-6-5(8)4(3-9)1-2-10-6/h1-2H,3,9H2. The second-order valence-corrected chi connectivity index (χ2v) is 2.86. The zero-order chi connectivity index (χ0) is 7.56. The van der Waals surface area contributed by atoms with Crippen LogP contribution in [0.2, 0.25) is 0 Å². The van der Waals surface area contributed by atoms with Gasteiger partial charge in [0.15, 0.2) is 0 Å². The first-order chi connectivity index (χ1) is 4.75. The van der Waals surface area contributed by atoms with E-state index >= 15 is 0 Å². The molecule has 0 aromatic carbocycles. The van der Waals surface area contributed by atoms with Crippen molar-refractivity contribution in [1.29, 1.82) is 0 Å². The maximum absolute atomic E-state index is 12.6. The Kier molecular flexibility index (Phi) is 2.56. The average Bonchev–Trinajstić information content (AvgIpc) is 1.95. The Labute approximate surface area is 71.8 Å². The second kappa shape index (κ2) is 3.25. The van der Waals surface area contributed by atoms with Gasteiger partial charge in [0.2, 0.25) is 5.95 Å². The number of pyridine rings is 1. The molecule has 0 spiro atoms. The van der Waals surface area contributed by atoms with Crippen molar-refractivity contribution in [1.82, 2.24) is 4.98 Å². The lowest BCUT2D eigenvalue weighted by atomic mass is 10.3. The molecule has 1 heterocycles. The monoisotopic (exact) mass is 252 g/mol. The summed E-state index contributed by atoms with van der Waals surface area (Å²) in [6.45, 7) is 0.359. The molecule has 0 unspecified atom stereocenters. The number of hydrogen-bond donors (Lipinski definition) is 1. The van der Waals surface area contributed by atoms with Crippen LogP contribution in [0.4, 0.5) is 4.39 Å².